The van der Waals surface area contributed by atoms with E-state index in [0.29, 0.717) is 12.3 Å². The number of nitrogens with one attached hydrogen (secondary N) is 1. The van der Waals surface area contributed by atoms with E-state index in [1.807, 2.05) is 62.4 Å². The molecule has 150 valence electrons. The first-order chi connectivity index (χ1) is 14.1. The molecule has 0 radical (unpaired) electrons. The third kappa shape index (κ3) is 5.30. The Balaban J connectivity index is 1.66. The maximum Gasteiger partial charge on any atom is 0.295 e. The second kappa shape index (κ2) is 9.66. The monoisotopic (exact) mass is 393 g/mol. The summed E-state index contributed by atoms with van der Waals surface area (Å²) in [7, 11) is 1.60. The molecule has 7 nitrogen and oxygen atoms in total. The zero-order chi connectivity index (χ0) is 20.6. The highest BCUT2D eigenvalue weighted by atomic mass is 16.7. The fourth-order valence-electron chi connectivity index (χ4n) is 2.66. The molecule has 1 atom stereocenters. The summed E-state index contributed by atoms with van der Waals surface area (Å²) < 4.78 is 10.6. The Morgan fingerprint density at radius 3 is 2.62 bits per heavy atom. The van der Waals surface area contributed by atoms with Gasteiger partial charge < -0.3 is 9.47 Å². The van der Waals surface area contributed by atoms with Crippen LogP contribution in [0.2, 0.25) is 0 Å². The Morgan fingerprint density at radius 1 is 1.10 bits per heavy atom. The lowest BCUT2D eigenvalue weighted by atomic mass is 10.1. The first kappa shape index (κ1) is 20.3. The number of rotatable bonds is 8. The molecule has 7 heteroatoms. The minimum absolute atomic E-state index is 0.161. The molecular formula is C22H23N3O4. The van der Waals surface area contributed by atoms with E-state index in [1.165, 1.54) is 6.20 Å². The molecule has 3 rings (SSSR count). The molecule has 0 spiro atoms. The van der Waals surface area contributed by atoms with Crippen molar-refractivity contribution in [3.63, 3.8) is 0 Å². The average Bonchev–Trinajstić information content (AvgIpc) is 2.78. The number of hydrogen-bond donors (Lipinski definition) is 1. The SMILES string of the molecule is CCOc1ccc(-c2cncc(C(=O)NO[C@@H](C)c3cccc(OC)c3)n2)cc1. The maximum atomic E-state index is 12.4. The normalized spacial score (nSPS) is 11.6. The Kier molecular flexibility index (Phi) is 6.76. The number of carbonyl (C=O) groups is 1. The van der Waals surface area contributed by atoms with Crippen molar-refractivity contribution < 1.29 is 19.1 Å². The van der Waals surface area contributed by atoms with Crippen LogP contribution in [-0.2, 0) is 4.84 Å². The lowest BCUT2D eigenvalue weighted by molar-refractivity contribution is -0.00928. The van der Waals surface area contributed by atoms with Gasteiger partial charge in [0.05, 0.1) is 31.8 Å². The third-order valence-electron chi connectivity index (χ3n) is 4.22. The maximum absolute atomic E-state index is 12.4. The largest absolute Gasteiger partial charge is 0.497 e. The van der Waals surface area contributed by atoms with E-state index < -0.39 is 5.91 Å². The van der Waals surface area contributed by atoms with Gasteiger partial charge in [0.25, 0.3) is 5.91 Å². The van der Waals surface area contributed by atoms with Gasteiger partial charge in [0.2, 0.25) is 0 Å². The van der Waals surface area contributed by atoms with Gasteiger partial charge in [-0.05, 0) is 55.8 Å². The van der Waals surface area contributed by atoms with Gasteiger partial charge in [-0.25, -0.2) is 10.5 Å². The summed E-state index contributed by atoms with van der Waals surface area (Å²) in [6, 6.07) is 14.9. The molecule has 1 amide bonds. The molecule has 3 aromatic rings. The van der Waals surface area contributed by atoms with E-state index in [2.05, 4.69) is 15.4 Å². The number of methoxy groups -OCH3 is 1. The number of benzene rings is 2. The lowest BCUT2D eigenvalue weighted by Gasteiger charge is -2.14. The summed E-state index contributed by atoms with van der Waals surface area (Å²) in [6.45, 7) is 4.36. The molecule has 0 saturated carbocycles. The first-order valence-corrected chi connectivity index (χ1v) is 9.26. The van der Waals surface area contributed by atoms with Crippen LogP contribution in [0.15, 0.2) is 60.9 Å². The Labute approximate surface area is 169 Å². The molecule has 0 aliphatic carbocycles. The van der Waals surface area contributed by atoms with Crippen molar-refractivity contribution in [3.8, 4) is 22.8 Å². The van der Waals surface area contributed by atoms with E-state index >= 15 is 0 Å². The summed E-state index contributed by atoms with van der Waals surface area (Å²) in [5.41, 5.74) is 4.89. The minimum Gasteiger partial charge on any atom is -0.497 e. The molecule has 0 fully saturated rings. The smallest absolute Gasteiger partial charge is 0.295 e. The van der Waals surface area contributed by atoms with Crippen molar-refractivity contribution in [2.75, 3.05) is 13.7 Å². The fraction of sp³-hybridized carbons (Fsp3) is 0.227. The van der Waals surface area contributed by atoms with E-state index in [-0.39, 0.29) is 11.8 Å². The van der Waals surface area contributed by atoms with Crippen LogP contribution in [-0.4, -0.2) is 29.6 Å². The van der Waals surface area contributed by atoms with Crippen molar-refractivity contribution in [1.82, 2.24) is 15.4 Å². The Morgan fingerprint density at radius 2 is 1.90 bits per heavy atom. The van der Waals surface area contributed by atoms with Crippen LogP contribution < -0.4 is 15.0 Å². The molecular weight excluding hydrogens is 370 g/mol. The first-order valence-electron chi connectivity index (χ1n) is 9.26. The molecule has 29 heavy (non-hydrogen) atoms. The van der Waals surface area contributed by atoms with Crippen LogP contribution in [0, 0.1) is 0 Å². The van der Waals surface area contributed by atoms with Crippen molar-refractivity contribution in [3.05, 3.63) is 72.2 Å². The summed E-state index contributed by atoms with van der Waals surface area (Å²) in [4.78, 5) is 26.4. The van der Waals surface area contributed by atoms with Gasteiger partial charge in [-0.2, -0.15) is 0 Å². The van der Waals surface area contributed by atoms with Crippen LogP contribution in [0.25, 0.3) is 11.3 Å². The van der Waals surface area contributed by atoms with Gasteiger partial charge in [0.15, 0.2) is 0 Å². The molecule has 0 saturated heterocycles. The van der Waals surface area contributed by atoms with Crippen LogP contribution in [0.5, 0.6) is 11.5 Å². The molecule has 0 aliphatic heterocycles. The van der Waals surface area contributed by atoms with Crippen molar-refractivity contribution >= 4 is 5.91 Å². The standard InChI is InChI=1S/C22H23N3O4/c1-4-28-18-10-8-16(9-11-18)20-13-23-14-21(24-20)22(26)25-29-15(2)17-6-5-7-19(12-17)27-3/h5-15H,4H2,1-3H3,(H,25,26)/t15-/m0/s1. The van der Waals surface area contributed by atoms with E-state index in [4.69, 9.17) is 14.3 Å². The summed E-state index contributed by atoms with van der Waals surface area (Å²) >= 11 is 0. The molecule has 0 aliphatic rings. The number of carbonyl (C=O) groups excluding carboxylic acids is 1. The van der Waals surface area contributed by atoms with Gasteiger partial charge in [0, 0.05) is 5.56 Å². The Bertz CT molecular complexity index is 960. The summed E-state index contributed by atoms with van der Waals surface area (Å²) in [5, 5.41) is 0. The lowest BCUT2D eigenvalue weighted by Crippen LogP contribution is -2.26. The molecule has 1 heterocycles. The highest BCUT2D eigenvalue weighted by molar-refractivity contribution is 5.91. The van der Waals surface area contributed by atoms with E-state index in [1.54, 1.807) is 13.3 Å². The number of hydroxylamine groups is 1. The van der Waals surface area contributed by atoms with Crippen LogP contribution >= 0.6 is 0 Å². The second-order valence-corrected chi connectivity index (χ2v) is 6.21. The average molecular weight is 393 g/mol. The zero-order valence-electron chi connectivity index (χ0n) is 16.6. The highest BCUT2D eigenvalue weighted by Gasteiger charge is 2.13. The number of ether oxygens (including phenoxy) is 2. The number of nitrogens with zero attached hydrogens (tertiary/aromatic N) is 2. The zero-order valence-corrected chi connectivity index (χ0v) is 16.6. The molecule has 2 aromatic carbocycles. The topological polar surface area (TPSA) is 82.6 Å². The van der Waals surface area contributed by atoms with Crippen molar-refractivity contribution in [1.29, 1.82) is 0 Å². The fourth-order valence-corrected chi connectivity index (χ4v) is 2.66. The molecule has 0 bridgehead atoms. The Hall–Kier alpha value is -3.45. The predicted octanol–water partition coefficient (Wildman–Crippen LogP) is 3.97. The molecule has 0 unspecified atom stereocenters. The van der Waals surface area contributed by atoms with Crippen molar-refractivity contribution in [2.24, 2.45) is 0 Å². The van der Waals surface area contributed by atoms with Gasteiger partial charge in [0.1, 0.15) is 23.3 Å². The number of aromatic nitrogens is 2. The van der Waals surface area contributed by atoms with Crippen LogP contribution in [0.1, 0.15) is 36.0 Å². The third-order valence-corrected chi connectivity index (χ3v) is 4.22. The molecule has 1 aromatic heterocycles. The number of amides is 1. The van der Waals surface area contributed by atoms with Crippen molar-refractivity contribution in [2.45, 2.75) is 20.0 Å². The van der Waals surface area contributed by atoms with Gasteiger partial charge in [-0.3, -0.25) is 14.6 Å². The molecule has 1 N–H and O–H groups in total. The highest BCUT2D eigenvalue weighted by Crippen LogP contribution is 2.22. The van der Waals surface area contributed by atoms with Crippen LogP contribution in [0.4, 0.5) is 0 Å². The van der Waals surface area contributed by atoms with Gasteiger partial charge >= 0.3 is 0 Å². The van der Waals surface area contributed by atoms with Crippen LogP contribution in [0.3, 0.4) is 0 Å². The minimum atomic E-state index is -0.472. The van der Waals surface area contributed by atoms with E-state index in [0.717, 1.165) is 22.6 Å². The van der Waals surface area contributed by atoms with Gasteiger partial charge in [-0.15, -0.1) is 0 Å². The number of hydrogen-bond acceptors (Lipinski definition) is 6. The van der Waals surface area contributed by atoms with Gasteiger partial charge in [-0.1, -0.05) is 12.1 Å². The second-order valence-electron chi connectivity index (χ2n) is 6.21. The van der Waals surface area contributed by atoms with E-state index in [9.17, 15) is 4.79 Å². The quantitative estimate of drug-likeness (QED) is 0.583. The summed E-state index contributed by atoms with van der Waals surface area (Å²) in [6.07, 6.45) is 2.63. The summed E-state index contributed by atoms with van der Waals surface area (Å²) in [5.74, 6) is 1.02. The predicted molar refractivity (Wildman–Crippen MR) is 109 cm³/mol.